The van der Waals surface area contributed by atoms with Crippen molar-refractivity contribution in [2.24, 2.45) is 0 Å². The molecule has 0 aliphatic heterocycles. The van der Waals surface area contributed by atoms with Gasteiger partial charge in [-0.2, -0.15) is 18.4 Å². The molecule has 3 nitrogen and oxygen atoms in total. The van der Waals surface area contributed by atoms with Crippen LogP contribution in [0.1, 0.15) is 0 Å². The SMILES string of the molecule is N#CC(NC(=O)C(F)(F)F)=C(Cl)Cl. The van der Waals surface area contributed by atoms with Crippen LogP contribution in [-0.2, 0) is 4.79 Å². The van der Waals surface area contributed by atoms with Crippen LogP contribution in [0.25, 0.3) is 0 Å². The highest BCUT2D eigenvalue weighted by molar-refractivity contribution is 6.56. The number of hydrogen-bond donors (Lipinski definition) is 1. The Morgan fingerprint density at radius 2 is 1.85 bits per heavy atom. The van der Waals surface area contributed by atoms with Gasteiger partial charge in [0.05, 0.1) is 0 Å². The number of nitrogens with zero attached hydrogens (tertiary/aromatic N) is 1. The molecule has 0 atom stereocenters. The maximum atomic E-state index is 11.6. The number of nitrogens with one attached hydrogen (secondary N) is 1. The topological polar surface area (TPSA) is 52.9 Å². The van der Waals surface area contributed by atoms with Crippen LogP contribution < -0.4 is 5.32 Å². The molecule has 0 aromatic rings. The number of hydrogen-bond acceptors (Lipinski definition) is 2. The van der Waals surface area contributed by atoms with Gasteiger partial charge in [-0.15, -0.1) is 0 Å². The maximum absolute atomic E-state index is 11.6. The molecule has 0 unspecified atom stereocenters. The van der Waals surface area contributed by atoms with E-state index < -0.39 is 22.3 Å². The van der Waals surface area contributed by atoms with Gasteiger partial charge in [-0.25, -0.2) is 0 Å². The van der Waals surface area contributed by atoms with Crippen molar-refractivity contribution in [3.8, 4) is 6.07 Å². The number of alkyl halides is 3. The molecule has 0 fully saturated rings. The number of amides is 1. The van der Waals surface area contributed by atoms with Crippen LogP contribution in [0.3, 0.4) is 0 Å². The molecule has 13 heavy (non-hydrogen) atoms. The largest absolute Gasteiger partial charge is 0.471 e. The predicted octanol–water partition coefficient (Wildman–Crippen LogP) is 1.84. The van der Waals surface area contributed by atoms with Crippen molar-refractivity contribution in [2.75, 3.05) is 0 Å². The van der Waals surface area contributed by atoms with Crippen LogP contribution in [0.4, 0.5) is 13.2 Å². The number of nitriles is 1. The van der Waals surface area contributed by atoms with Crippen LogP contribution >= 0.6 is 23.2 Å². The summed E-state index contributed by atoms with van der Waals surface area (Å²) in [4.78, 5) is 10.2. The number of rotatable bonds is 1. The maximum Gasteiger partial charge on any atom is 0.471 e. The first-order chi connectivity index (χ1) is 5.79. The van der Waals surface area contributed by atoms with Gasteiger partial charge in [-0.1, -0.05) is 23.2 Å². The number of carbonyl (C=O) groups is 1. The minimum Gasteiger partial charge on any atom is -0.307 e. The highest BCUT2D eigenvalue weighted by Gasteiger charge is 2.39. The summed E-state index contributed by atoms with van der Waals surface area (Å²) in [5.74, 6) is -2.30. The van der Waals surface area contributed by atoms with E-state index in [1.165, 1.54) is 11.4 Å². The van der Waals surface area contributed by atoms with Gasteiger partial charge in [0, 0.05) is 0 Å². The predicted molar refractivity (Wildman–Crippen MR) is 38.5 cm³/mol. The Bertz CT molecular complexity index is 287. The minimum absolute atomic E-state index is 0.736. The molecule has 0 spiro atoms. The van der Waals surface area contributed by atoms with Crippen molar-refractivity contribution < 1.29 is 18.0 Å². The third-order valence-electron chi connectivity index (χ3n) is 0.797. The number of allylic oxidation sites excluding steroid dienone is 1. The Morgan fingerprint density at radius 1 is 1.38 bits per heavy atom. The second-order valence-corrected chi connectivity index (χ2v) is 2.65. The second-order valence-electron chi connectivity index (χ2n) is 1.70. The van der Waals surface area contributed by atoms with E-state index in [1.807, 2.05) is 0 Å². The molecule has 0 aliphatic rings. The molecule has 0 aromatic heterocycles. The molecule has 1 N–H and O–H groups in total. The van der Waals surface area contributed by atoms with Gasteiger partial charge >= 0.3 is 12.1 Å². The van der Waals surface area contributed by atoms with Crippen molar-refractivity contribution in [2.45, 2.75) is 6.18 Å². The van der Waals surface area contributed by atoms with E-state index >= 15 is 0 Å². The zero-order valence-electron chi connectivity index (χ0n) is 5.75. The van der Waals surface area contributed by atoms with Crippen LogP contribution in [0.15, 0.2) is 10.2 Å². The highest BCUT2D eigenvalue weighted by atomic mass is 35.5. The molecule has 0 rings (SSSR count). The molecule has 0 aliphatic carbocycles. The lowest BCUT2D eigenvalue weighted by molar-refractivity contribution is -0.172. The summed E-state index contributed by atoms with van der Waals surface area (Å²) in [6.45, 7) is 0. The van der Waals surface area contributed by atoms with E-state index in [9.17, 15) is 18.0 Å². The fourth-order valence-corrected chi connectivity index (χ4v) is 0.481. The summed E-state index contributed by atoms with van der Waals surface area (Å²) in [6.07, 6.45) is -5.08. The van der Waals surface area contributed by atoms with Gasteiger partial charge in [-0.05, 0) is 0 Å². The summed E-state index contributed by atoms with van der Waals surface area (Å²) in [5.41, 5.74) is -0.842. The molecule has 0 bridgehead atoms. The number of halogens is 5. The van der Waals surface area contributed by atoms with E-state index in [4.69, 9.17) is 28.5 Å². The third kappa shape index (κ3) is 4.01. The summed E-state index contributed by atoms with van der Waals surface area (Å²) < 4.78 is 34.0. The summed E-state index contributed by atoms with van der Waals surface area (Å²) in [5, 5.41) is 9.35. The van der Waals surface area contributed by atoms with E-state index in [1.54, 1.807) is 0 Å². The van der Waals surface area contributed by atoms with Crippen LogP contribution in [0, 0.1) is 11.3 Å². The van der Waals surface area contributed by atoms with E-state index in [2.05, 4.69) is 0 Å². The Kier molecular flexibility index (Phi) is 4.04. The lowest BCUT2D eigenvalue weighted by atomic mass is 10.5. The molecule has 0 aromatic carbocycles. The smallest absolute Gasteiger partial charge is 0.307 e. The molecular formula is C5HCl2F3N2O. The van der Waals surface area contributed by atoms with Crippen LogP contribution in [0.5, 0.6) is 0 Å². The van der Waals surface area contributed by atoms with Gasteiger partial charge < -0.3 is 5.32 Å². The van der Waals surface area contributed by atoms with Crippen molar-refractivity contribution in [1.29, 1.82) is 5.26 Å². The average Bonchev–Trinajstić information content (AvgIpc) is 1.96. The lowest BCUT2D eigenvalue weighted by Gasteiger charge is -2.05. The molecule has 1 amide bonds. The molecule has 0 saturated heterocycles. The summed E-state index contributed by atoms with van der Waals surface area (Å²) in [7, 11) is 0. The first-order valence-electron chi connectivity index (χ1n) is 2.62. The lowest BCUT2D eigenvalue weighted by Crippen LogP contribution is -2.36. The average molecular weight is 233 g/mol. The van der Waals surface area contributed by atoms with Gasteiger partial charge in [0.15, 0.2) is 5.70 Å². The van der Waals surface area contributed by atoms with Gasteiger partial charge in [-0.3, -0.25) is 4.79 Å². The molecule has 72 valence electrons. The first kappa shape index (κ1) is 12.1. The van der Waals surface area contributed by atoms with E-state index in [0.717, 1.165) is 0 Å². The Balaban J connectivity index is 4.58. The van der Waals surface area contributed by atoms with E-state index in [0.29, 0.717) is 0 Å². The standard InChI is InChI=1S/C5HCl2F3N2O/c6-3(7)2(1-11)12-4(13)5(8,9)10/h(H,12,13). The molecule has 0 saturated carbocycles. The van der Waals surface area contributed by atoms with Gasteiger partial charge in [0.25, 0.3) is 0 Å². The molecule has 0 radical (unpaired) electrons. The Hall–Kier alpha value is -0.930. The highest BCUT2D eigenvalue weighted by Crippen LogP contribution is 2.17. The van der Waals surface area contributed by atoms with Crippen molar-refractivity contribution in [3.63, 3.8) is 0 Å². The fourth-order valence-electron chi connectivity index (χ4n) is 0.302. The Labute approximate surface area is 80.7 Å². The van der Waals surface area contributed by atoms with Crippen molar-refractivity contribution >= 4 is 29.1 Å². The van der Waals surface area contributed by atoms with Gasteiger partial charge in [0.2, 0.25) is 0 Å². The van der Waals surface area contributed by atoms with E-state index in [-0.39, 0.29) is 0 Å². The summed E-state index contributed by atoms with van der Waals surface area (Å²) >= 11 is 9.96. The zero-order valence-corrected chi connectivity index (χ0v) is 7.26. The number of carbonyl (C=O) groups excluding carboxylic acids is 1. The quantitative estimate of drug-likeness (QED) is 0.702. The third-order valence-corrected chi connectivity index (χ3v) is 1.17. The molecule has 8 heteroatoms. The zero-order chi connectivity index (χ0) is 10.6. The monoisotopic (exact) mass is 232 g/mol. The summed E-state index contributed by atoms with van der Waals surface area (Å²) in [6, 6.07) is 1.19. The second kappa shape index (κ2) is 4.35. The Morgan fingerprint density at radius 3 is 2.08 bits per heavy atom. The fraction of sp³-hybridized carbons (Fsp3) is 0.200. The van der Waals surface area contributed by atoms with Crippen molar-refractivity contribution in [3.05, 3.63) is 10.2 Å². The van der Waals surface area contributed by atoms with Gasteiger partial charge in [0.1, 0.15) is 10.6 Å². The normalized spacial score (nSPS) is 10.2. The van der Waals surface area contributed by atoms with Crippen LogP contribution in [-0.4, -0.2) is 12.1 Å². The molecular weight excluding hydrogens is 232 g/mol. The van der Waals surface area contributed by atoms with Crippen LogP contribution in [0.2, 0.25) is 0 Å². The first-order valence-corrected chi connectivity index (χ1v) is 3.38. The van der Waals surface area contributed by atoms with Crippen molar-refractivity contribution in [1.82, 2.24) is 5.32 Å². The minimum atomic E-state index is -5.08. The molecule has 0 heterocycles.